The first-order chi connectivity index (χ1) is 11.5. The summed E-state index contributed by atoms with van der Waals surface area (Å²) in [5.74, 6) is -0.744. The summed E-state index contributed by atoms with van der Waals surface area (Å²) in [5.41, 5.74) is 2.11. The van der Waals surface area contributed by atoms with E-state index in [1.54, 1.807) is 11.9 Å². The van der Waals surface area contributed by atoms with Gasteiger partial charge in [0, 0.05) is 26.6 Å². The molecule has 3 amide bonds. The van der Waals surface area contributed by atoms with Gasteiger partial charge in [-0.1, -0.05) is 30.8 Å². The number of fused-ring (bicyclic) bond motifs is 1. The Hall–Kier alpha value is -2.63. The van der Waals surface area contributed by atoms with Crippen LogP contribution >= 0.6 is 0 Å². The Morgan fingerprint density at radius 3 is 2.62 bits per heavy atom. The van der Waals surface area contributed by atoms with Gasteiger partial charge in [-0.15, -0.1) is 0 Å². The zero-order valence-electron chi connectivity index (χ0n) is 14.1. The number of hydrogen-bond donors (Lipinski definition) is 1. The SMILES string of the molecule is C=CC(=O)N(C)CC(=O)N1Cc2ccccc2C[C@@H]1C(=O)NCC. The molecule has 2 rings (SSSR count). The Morgan fingerprint density at radius 1 is 1.33 bits per heavy atom. The van der Waals surface area contributed by atoms with Crippen molar-refractivity contribution < 1.29 is 14.4 Å². The van der Waals surface area contributed by atoms with Crippen LogP contribution in [-0.4, -0.2) is 53.7 Å². The quantitative estimate of drug-likeness (QED) is 0.809. The largest absolute Gasteiger partial charge is 0.355 e. The molecule has 1 heterocycles. The number of benzene rings is 1. The van der Waals surface area contributed by atoms with Crippen LogP contribution in [0.25, 0.3) is 0 Å². The number of likely N-dealkylation sites (N-methyl/N-ethyl adjacent to an activating group) is 2. The molecule has 0 aromatic heterocycles. The van der Waals surface area contributed by atoms with Gasteiger partial charge in [0.15, 0.2) is 0 Å². The highest BCUT2D eigenvalue weighted by Gasteiger charge is 2.34. The summed E-state index contributed by atoms with van der Waals surface area (Å²) >= 11 is 0. The van der Waals surface area contributed by atoms with Crippen molar-refractivity contribution >= 4 is 17.7 Å². The number of carbonyl (C=O) groups excluding carboxylic acids is 3. The van der Waals surface area contributed by atoms with Crippen LogP contribution in [-0.2, 0) is 27.3 Å². The van der Waals surface area contributed by atoms with Gasteiger partial charge in [-0.2, -0.15) is 0 Å². The zero-order valence-corrected chi connectivity index (χ0v) is 14.1. The Morgan fingerprint density at radius 2 is 2.00 bits per heavy atom. The van der Waals surface area contributed by atoms with Crippen LogP contribution in [0.1, 0.15) is 18.1 Å². The van der Waals surface area contributed by atoms with E-state index in [0.717, 1.165) is 11.1 Å². The summed E-state index contributed by atoms with van der Waals surface area (Å²) in [6.07, 6.45) is 1.65. The number of rotatable bonds is 5. The molecule has 24 heavy (non-hydrogen) atoms. The fourth-order valence-electron chi connectivity index (χ4n) is 2.84. The Balaban J connectivity index is 2.23. The highest BCUT2D eigenvalue weighted by molar-refractivity contribution is 5.93. The summed E-state index contributed by atoms with van der Waals surface area (Å²) in [4.78, 5) is 39.5. The van der Waals surface area contributed by atoms with Crippen molar-refractivity contribution in [2.45, 2.75) is 25.9 Å². The monoisotopic (exact) mass is 329 g/mol. The maximum Gasteiger partial charge on any atom is 0.246 e. The van der Waals surface area contributed by atoms with E-state index in [4.69, 9.17) is 0 Å². The summed E-state index contributed by atoms with van der Waals surface area (Å²) in [5, 5.41) is 2.79. The van der Waals surface area contributed by atoms with Gasteiger partial charge in [0.25, 0.3) is 0 Å². The van der Waals surface area contributed by atoms with Gasteiger partial charge in [0.2, 0.25) is 17.7 Å². The molecule has 1 N–H and O–H groups in total. The average molecular weight is 329 g/mol. The molecule has 6 nitrogen and oxygen atoms in total. The average Bonchev–Trinajstić information content (AvgIpc) is 2.59. The third-order valence-corrected chi connectivity index (χ3v) is 4.15. The molecule has 6 heteroatoms. The van der Waals surface area contributed by atoms with Gasteiger partial charge >= 0.3 is 0 Å². The lowest BCUT2D eigenvalue weighted by atomic mass is 9.93. The van der Waals surface area contributed by atoms with E-state index in [1.165, 1.54) is 11.0 Å². The lowest BCUT2D eigenvalue weighted by Gasteiger charge is -2.36. The molecule has 0 saturated carbocycles. The van der Waals surface area contributed by atoms with E-state index in [0.29, 0.717) is 19.5 Å². The predicted molar refractivity (Wildman–Crippen MR) is 91.0 cm³/mol. The maximum absolute atomic E-state index is 12.7. The molecule has 0 fully saturated rings. The van der Waals surface area contributed by atoms with E-state index >= 15 is 0 Å². The molecule has 1 atom stereocenters. The lowest BCUT2D eigenvalue weighted by Crippen LogP contribution is -2.54. The molecule has 0 aliphatic carbocycles. The van der Waals surface area contributed by atoms with Crippen molar-refractivity contribution in [2.24, 2.45) is 0 Å². The van der Waals surface area contributed by atoms with Crippen LogP contribution in [0.2, 0.25) is 0 Å². The minimum Gasteiger partial charge on any atom is -0.355 e. The fraction of sp³-hybridized carbons (Fsp3) is 0.389. The van der Waals surface area contributed by atoms with Gasteiger partial charge < -0.3 is 15.1 Å². The smallest absolute Gasteiger partial charge is 0.246 e. The van der Waals surface area contributed by atoms with E-state index < -0.39 is 6.04 Å². The van der Waals surface area contributed by atoms with Crippen LogP contribution in [0.15, 0.2) is 36.9 Å². The first-order valence-corrected chi connectivity index (χ1v) is 7.99. The lowest BCUT2D eigenvalue weighted by molar-refractivity contribution is -0.144. The summed E-state index contributed by atoms with van der Waals surface area (Å²) in [7, 11) is 1.54. The molecule has 0 spiro atoms. The van der Waals surface area contributed by atoms with Crippen LogP contribution in [0.4, 0.5) is 0 Å². The second-order valence-electron chi connectivity index (χ2n) is 5.80. The number of nitrogens with zero attached hydrogens (tertiary/aromatic N) is 2. The van der Waals surface area contributed by atoms with Crippen molar-refractivity contribution in [1.82, 2.24) is 15.1 Å². The first-order valence-electron chi connectivity index (χ1n) is 7.99. The topological polar surface area (TPSA) is 69.7 Å². The normalized spacial score (nSPS) is 16.1. The van der Waals surface area contributed by atoms with Crippen LogP contribution in [0.3, 0.4) is 0 Å². The molecule has 0 saturated heterocycles. The highest BCUT2D eigenvalue weighted by Crippen LogP contribution is 2.23. The van der Waals surface area contributed by atoms with Gasteiger partial charge in [-0.25, -0.2) is 0 Å². The molecular formula is C18H23N3O3. The van der Waals surface area contributed by atoms with E-state index in [2.05, 4.69) is 11.9 Å². The Kier molecular flexibility index (Phi) is 5.73. The second kappa shape index (κ2) is 7.77. The Labute approximate surface area is 142 Å². The molecule has 1 aromatic carbocycles. The molecule has 0 unspecified atom stereocenters. The van der Waals surface area contributed by atoms with Crippen molar-refractivity contribution in [2.75, 3.05) is 20.1 Å². The molecular weight excluding hydrogens is 306 g/mol. The molecule has 1 aromatic rings. The van der Waals surface area contributed by atoms with Crippen molar-refractivity contribution in [3.8, 4) is 0 Å². The summed E-state index contributed by atoms with van der Waals surface area (Å²) < 4.78 is 0. The van der Waals surface area contributed by atoms with Crippen LogP contribution in [0.5, 0.6) is 0 Å². The zero-order chi connectivity index (χ0) is 17.7. The number of nitrogens with one attached hydrogen (secondary N) is 1. The van der Waals surface area contributed by atoms with Gasteiger partial charge in [0.05, 0.1) is 6.54 Å². The van der Waals surface area contributed by atoms with E-state index in [9.17, 15) is 14.4 Å². The van der Waals surface area contributed by atoms with Gasteiger partial charge in [-0.05, 0) is 24.1 Å². The van der Waals surface area contributed by atoms with Gasteiger partial charge in [0.1, 0.15) is 6.04 Å². The van der Waals surface area contributed by atoms with Crippen molar-refractivity contribution in [3.63, 3.8) is 0 Å². The second-order valence-corrected chi connectivity index (χ2v) is 5.80. The Bertz CT molecular complexity index is 657. The number of hydrogen-bond acceptors (Lipinski definition) is 3. The maximum atomic E-state index is 12.7. The van der Waals surface area contributed by atoms with Crippen molar-refractivity contribution in [3.05, 3.63) is 48.0 Å². The van der Waals surface area contributed by atoms with Crippen LogP contribution < -0.4 is 5.32 Å². The number of amides is 3. The third-order valence-electron chi connectivity index (χ3n) is 4.15. The van der Waals surface area contributed by atoms with Crippen molar-refractivity contribution in [1.29, 1.82) is 0 Å². The predicted octanol–water partition coefficient (Wildman–Crippen LogP) is 0.720. The minimum atomic E-state index is -0.556. The number of carbonyl (C=O) groups is 3. The summed E-state index contributed by atoms with van der Waals surface area (Å²) in [6, 6.07) is 7.24. The van der Waals surface area contributed by atoms with E-state index in [-0.39, 0.29) is 24.3 Å². The van der Waals surface area contributed by atoms with Crippen LogP contribution in [0, 0.1) is 0 Å². The molecule has 1 aliphatic heterocycles. The highest BCUT2D eigenvalue weighted by atomic mass is 16.2. The molecule has 0 radical (unpaired) electrons. The minimum absolute atomic E-state index is 0.0804. The molecule has 128 valence electrons. The molecule has 1 aliphatic rings. The van der Waals surface area contributed by atoms with E-state index in [1.807, 2.05) is 31.2 Å². The molecule has 0 bridgehead atoms. The standard InChI is InChI=1S/C18H23N3O3/c1-4-16(22)20(3)12-17(23)21-11-14-9-7-6-8-13(14)10-15(21)18(24)19-5-2/h4,6-9,15H,1,5,10-12H2,2-3H3,(H,19,24)/t15-/m1/s1. The first kappa shape index (κ1) is 17.7. The third kappa shape index (κ3) is 3.82. The fourth-order valence-corrected chi connectivity index (χ4v) is 2.84. The van der Waals surface area contributed by atoms with Gasteiger partial charge in [-0.3, -0.25) is 14.4 Å². The summed E-state index contributed by atoms with van der Waals surface area (Å²) in [6.45, 7) is 6.06.